The monoisotopic (exact) mass is 276 g/mol. The number of nitrogens with zero attached hydrogens (tertiary/aromatic N) is 1. The van der Waals surface area contributed by atoms with Gasteiger partial charge in [0.1, 0.15) is 0 Å². The summed E-state index contributed by atoms with van der Waals surface area (Å²) in [5, 5.41) is 11.4. The number of amidine groups is 1. The highest BCUT2D eigenvalue weighted by Gasteiger charge is 2.10. The van der Waals surface area contributed by atoms with Crippen molar-refractivity contribution < 1.29 is 19.1 Å². The van der Waals surface area contributed by atoms with Crippen molar-refractivity contribution in [1.82, 2.24) is 0 Å². The summed E-state index contributed by atoms with van der Waals surface area (Å²) in [5.74, 6) is 0.106. The second kappa shape index (κ2) is 5.92. The molecule has 0 radical (unpaired) electrons. The smallest absolute Gasteiger partial charge is 0.170 e. The molecule has 2 rings (SSSR count). The van der Waals surface area contributed by atoms with E-state index in [1.165, 1.54) is 19.2 Å². The first-order chi connectivity index (χ1) is 9.65. The summed E-state index contributed by atoms with van der Waals surface area (Å²) in [6.45, 7) is 0. The van der Waals surface area contributed by atoms with E-state index in [0.717, 1.165) is 6.07 Å². The van der Waals surface area contributed by atoms with Crippen molar-refractivity contribution in [2.75, 3.05) is 7.11 Å². The molecule has 2 aromatic rings. The lowest BCUT2D eigenvalue weighted by atomic mass is 10.2. The van der Waals surface area contributed by atoms with Crippen LogP contribution in [0.4, 0.5) is 4.39 Å². The molecule has 0 saturated heterocycles. The third kappa shape index (κ3) is 2.80. The molecule has 0 unspecified atom stereocenters. The number of nitrogens with two attached hydrogens (primary N) is 1. The highest BCUT2D eigenvalue weighted by molar-refractivity contribution is 5.97. The molecule has 0 spiro atoms. The van der Waals surface area contributed by atoms with Gasteiger partial charge in [-0.3, -0.25) is 0 Å². The van der Waals surface area contributed by atoms with E-state index in [2.05, 4.69) is 5.16 Å². The number of rotatable bonds is 4. The Morgan fingerprint density at radius 2 is 1.85 bits per heavy atom. The molecule has 0 saturated carbocycles. The lowest BCUT2D eigenvalue weighted by Crippen LogP contribution is -2.13. The second-order valence-corrected chi connectivity index (χ2v) is 3.88. The third-order valence-corrected chi connectivity index (χ3v) is 2.62. The fourth-order valence-electron chi connectivity index (χ4n) is 1.62. The molecule has 0 aliphatic carbocycles. The predicted octanol–water partition coefficient (Wildman–Crippen LogP) is 2.72. The van der Waals surface area contributed by atoms with Crippen molar-refractivity contribution in [3.63, 3.8) is 0 Å². The summed E-state index contributed by atoms with van der Waals surface area (Å²) >= 11 is 0. The SMILES string of the molecule is COc1ccccc1Oc1ccc(/C(N)=N/O)cc1F. The van der Waals surface area contributed by atoms with Crippen LogP contribution in [0.15, 0.2) is 47.6 Å². The molecule has 5 nitrogen and oxygen atoms in total. The maximum absolute atomic E-state index is 13.9. The Kier molecular flexibility index (Phi) is 4.05. The Labute approximate surface area is 115 Å². The van der Waals surface area contributed by atoms with Crippen molar-refractivity contribution in [3.8, 4) is 17.2 Å². The fraction of sp³-hybridized carbons (Fsp3) is 0.0714. The zero-order valence-electron chi connectivity index (χ0n) is 10.7. The van der Waals surface area contributed by atoms with Gasteiger partial charge in [-0.2, -0.15) is 0 Å². The molecule has 0 aliphatic rings. The predicted molar refractivity (Wildman–Crippen MR) is 72.0 cm³/mol. The summed E-state index contributed by atoms with van der Waals surface area (Å²) in [4.78, 5) is 0. The average molecular weight is 276 g/mol. The number of methoxy groups -OCH3 is 1. The fourth-order valence-corrected chi connectivity index (χ4v) is 1.62. The van der Waals surface area contributed by atoms with E-state index >= 15 is 0 Å². The van der Waals surface area contributed by atoms with Gasteiger partial charge in [0.25, 0.3) is 0 Å². The number of benzene rings is 2. The van der Waals surface area contributed by atoms with Gasteiger partial charge in [-0.25, -0.2) is 4.39 Å². The molecule has 0 amide bonds. The Bertz CT molecular complexity index is 644. The largest absolute Gasteiger partial charge is 0.493 e. The number of ether oxygens (including phenoxy) is 2. The van der Waals surface area contributed by atoms with Crippen molar-refractivity contribution in [2.45, 2.75) is 0 Å². The molecule has 104 valence electrons. The van der Waals surface area contributed by atoms with E-state index in [0.29, 0.717) is 11.5 Å². The van der Waals surface area contributed by atoms with Crippen LogP contribution in [0.2, 0.25) is 0 Å². The quantitative estimate of drug-likeness (QED) is 0.389. The molecule has 0 fully saturated rings. The van der Waals surface area contributed by atoms with Crippen LogP contribution in [0.3, 0.4) is 0 Å². The molecular formula is C14H13FN2O3. The van der Waals surface area contributed by atoms with E-state index in [1.54, 1.807) is 24.3 Å². The number of hydrogen-bond acceptors (Lipinski definition) is 4. The molecule has 0 aliphatic heterocycles. The molecule has 2 aromatic carbocycles. The second-order valence-electron chi connectivity index (χ2n) is 3.88. The Balaban J connectivity index is 2.30. The van der Waals surface area contributed by atoms with Crippen LogP contribution < -0.4 is 15.2 Å². The minimum Gasteiger partial charge on any atom is -0.493 e. The van der Waals surface area contributed by atoms with Gasteiger partial charge in [0.15, 0.2) is 28.9 Å². The lowest BCUT2D eigenvalue weighted by molar-refractivity contribution is 0.318. The van der Waals surface area contributed by atoms with Crippen molar-refractivity contribution in [2.24, 2.45) is 10.9 Å². The molecule has 0 atom stereocenters. The summed E-state index contributed by atoms with van der Waals surface area (Å²) in [5.41, 5.74) is 5.65. The minimum atomic E-state index is -0.625. The molecule has 20 heavy (non-hydrogen) atoms. The first-order valence-electron chi connectivity index (χ1n) is 5.74. The normalized spacial score (nSPS) is 11.2. The summed E-state index contributed by atoms with van der Waals surface area (Å²) in [6, 6.07) is 10.9. The zero-order chi connectivity index (χ0) is 14.5. The van der Waals surface area contributed by atoms with Crippen molar-refractivity contribution in [3.05, 3.63) is 53.8 Å². The Morgan fingerprint density at radius 3 is 2.45 bits per heavy atom. The molecule has 3 N–H and O–H groups in total. The van der Waals surface area contributed by atoms with Gasteiger partial charge < -0.3 is 20.4 Å². The van der Waals surface area contributed by atoms with Crippen LogP contribution in [0.1, 0.15) is 5.56 Å². The van der Waals surface area contributed by atoms with E-state index in [-0.39, 0.29) is 17.1 Å². The molecule has 6 heteroatoms. The highest BCUT2D eigenvalue weighted by Crippen LogP contribution is 2.32. The molecule has 0 heterocycles. The standard InChI is InChI=1S/C14H13FN2O3/c1-19-12-4-2-3-5-13(12)20-11-7-6-9(8-10(11)15)14(16)17-18/h2-8,18H,1H3,(H2,16,17). The van der Waals surface area contributed by atoms with Crippen molar-refractivity contribution >= 4 is 5.84 Å². The average Bonchev–Trinajstić information content (AvgIpc) is 2.49. The summed E-state index contributed by atoms with van der Waals surface area (Å²) in [6.07, 6.45) is 0. The number of halogens is 1. The van der Waals surface area contributed by atoms with Crippen LogP contribution in [0.25, 0.3) is 0 Å². The first kappa shape index (κ1) is 13.7. The van der Waals surface area contributed by atoms with Crippen LogP contribution in [-0.2, 0) is 0 Å². The van der Waals surface area contributed by atoms with Gasteiger partial charge >= 0.3 is 0 Å². The maximum Gasteiger partial charge on any atom is 0.170 e. The maximum atomic E-state index is 13.9. The molecule has 0 aromatic heterocycles. The number of oxime groups is 1. The van der Waals surface area contributed by atoms with Gasteiger partial charge in [-0.15, -0.1) is 0 Å². The minimum absolute atomic E-state index is 0.0176. The topological polar surface area (TPSA) is 77.1 Å². The number of hydrogen-bond donors (Lipinski definition) is 2. The van der Waals surface area contributed by atoms with Crippen LogP contribution >= 0.6 is 0 Å². The van der Waals surface area contributed by atoms with Crippen LogP contribution in [0, 0.1) is 5.82 Å². The van der Waals surface area contributed by atoms with Gasteiger partial charge in [0, 0.05) is 5.56 Å². The number of para-hydroxylation sites is 2. The zero-order valence-corrected chi connectivity index (χ0v) is 10.7. The van der Waals surface area contributed by atoms with Gasteiger partial charge in [0.2, 0.25) is 0 Å². The van der Waals surface area contributed by atoms with Gasteiger partial charge in [-0.1, -0.05) is 17.3 Å². The van der Waals surface area contributed by atoms with E-state index in [4.69, 9.17) is 20.4 Å². The first-order valence-corrected chi connectivity index (χ1v) is 5.74. The highest BCUT2D eigenvalue weighted by atomic mass is 19.1. The van der Waals surface area contributed by atoms with E-state index in [1.807, 2.05) is 0 Å². The molecule has 0 bridgehead atoms. The summed E-state index contributed by atoms with van der Waals surface area (Å²) in [7, 11) is 1.50. The van der Waals surface area contributed by atoms with Crippen LogP contribution in [0.5, 0.6) is 17.2 Å². The lowest BCUT2D eigenvalue weighted by Gasteiger charge is -2.11. The summed E-state index contributed by atoms with van der Waals surface area (Å²) < 4.78 is 24.5. The van der Waals surface area contributed by atoms with Crippen molar-refractivity contribution in [1.29, 1.82) is 0 Å². The van der Waals surface area contributed by atoms with Gasteiger partial charge in [0.05, 0.1) is 7.11 Å². The van der Waals surface area contributed by atoms with E-state index in [9.17, 15) is 4.39 Å². The van der Waals surface area contributed by atoms with E-state index < -0.39 is 5.82 Å². The third-order valence-electron chi connectivity index (χ3n) is 2.62. The van der Waals surface area contributed by atoms with Gasteiger partial charge in [-0.05, 0) is 30.3 Å². The molecular weight excluding hydrogens is 263 g/mol. The Morgan fingerprint density at radius 1 is 1.15 bits per heavy atom. The van der Waals surface area contributed by atoms with Crippen LogP contribution in [-0.4, -0.2) is 18.2 Å². The Hall–Kier alpha value is -2.76.